The van der Waals surface area contributed by atoms with E-state index in [1.807, 2.05) is 12.1 Å². The zero-order valence-corrected chi connectivity index (χ0v) is 18.2. The van der Waals surface area contributed by atoms with Gasteiger partial charge in [0.2, 0.25) is 0 Å². The Morgan fingerprint density at radius 1 is 1.14 bits per heavy atom. The first-order valence-electron chi connectivity index (χ1n) is 8.44. The van der Waals surface area contributed by atoms with Crippen LogP contribution in [0.5, 0.6) is 5.75 Å². The maximum atomic E-state index is 13.0. The van der Waals surface area contributed by atoms with Crippen LogP contribution >= 0.6 is 47.2 Å². The molecule has 0 aliphatic carbocycles. The lowest BCUT2D eigenvalue weighted by Crippen LogP contribution is -2.27. The van der Waals surface area contributed by atoms with Crippen LogP contribution in [0.1, 0.15) is 5.76 Å². The number of ether oxygens (including phenoxy) is 1. The van der Waals surface area contributed by atoms with Crippen molar-refractivity contribution in [1.29, 1.82) is 0 Å². The van der Waals surface area contributed by atoms with Gasteiger partial charge in [-0.05, 0) is 42.5 Å². The van der Waals surface area contributed by atoms with E-state index in [1.165, 1.54) is 16.7 Å². The monoisotopic (exact) mass is 461 g/mol. The zero-order valence-electron chi connectivity index (χ0n) is 15.0. The summed E-state index contributed by atoms with van der Waals surface area (Å²) < 4.78 is 11.6. The molecule has 2 aromatic carbocycles. The number of benzene rings is 2. The van der Waals surface area contributed by atoms with Gasteiger partial charge in [0.15, 0.2) is 4.32 Å². The molecule has 3 aromatic rings. The first-order valence-corrected chi connectivity index (χ1v) is 10.4. The van der Waals surface area contributed by atoms with Crippen LogP contribution in [0.15, 0.2) is 63.9 Å². The molecule has 146 valence electrons. The van der Waals surface area contributed by atoms with E-state index >= 15 is 0 Å². The van der Waals surface area contributed by atoms with E-state index in [0.29, 0.717) is 47.8 Å². The molecule has 1 saturated heterocycles. The molecule has 8 heteroatoms. The number of nitrogens with zero attached hydrogens (tertiary/aromatic N) is 1. The van der Waals surface area contributed by atoms with Gasteiger partial charge in [-0.2, -0.15) is 0 Å². The van der Waals surface area contributed by atoms with E-state index in [-0.39, 0.29) is 5.91 Å². The Hall–Kier alpha value is -2.25. The average molecular weight is 462 g/mol. The average Bonchev–Trinajstić information content (AvgIpc) is 3.28. The van der Waals surface area contributed by atoms with Crippen molar-refractivity contribution < 1.29 is 13.9 Å². The standard InChI is InChI=1S/C21H13Cl2NO3S2/c1-26-18-5-3-2-4-16(18)24-20(25)19(29-21(24)28)11-13-7-9-17(27-13)14-10-12(22)6-8-15(14)23/h2-11H,1H3/b19-11+. The normalized spacial score (nSPS) is 15.4. The minimum Gasteiger partial charge on any atom is -0.495 e. The van der Waals surface area contributed by atoms with E-state index in [9.17, 15) is 4.79 Å². The lowest BCUT2D eigenvalue weighted by atomic mass is 10.2. The highest BCUT2D eigenvalue weighted by Crippen LogP contribution is 2.40. The molecule has 0 N–H and O–H groups in total. The van der Waals surface area contributed by atoms with Crippen molar-refractivity contribution in [2.75, 3.05) is 12.0 Å². The third kappa shape index (κ3) is 3.94. The van der Waals surface area contributed by atoms with Crippen LogP contribution in [0.25, 0.3) is 17.4 Å². The van der Waals surface area contributed by atoms with Crippen molar-refractivity contribution >= 4 is 69.2 Å². The minimum atomic E-state index is -0.233. The predicted octanol–water partition coefficient (Wildman–Crippen LogP) is 6.67. The van der Waals surface area contributed by atoms with Gasteiger partial charge < -0.3 is 9.15 Å². The molecular formula is C21H13Cl2NO3S2. The molecule has 29 heavy (non-hydrogen) atoms. The van der Waals surface area contributed by atoms with Crippen LogP contribution in [0.2, 0.25) is 10.0 Å². The molecule has 1 fully saturated rings. The van der Waals surface area contributed by atoms with Crippen molar-refractivity contribution in [2.24, 2.45) is 0 Å². The summed E-state index contributed by atoms with van der Waals surface area (Å²) in [6, 6.07) is 15.9. The first kappa shape index (κ1) is 20.0. The predicted molar refractivity (Wildman–Crippen MR) is 123 cm³/mol. The molecule has 1 aromatic heterocycles. The topological polar surface area (TPSA) is 42.7 Å². The van der Waals surface area contributed by atoms with E-state index in [2.05, 4.69) is 0 Å². The van der Waals surface area contributed by atoms with Crippen molar-refractivity contribution in [1.82, 2.24) is 0 Å². The molecule has 1 aliphatic rings. The van der Waals surface area contributed by atoms with Gasteiger partial charge in [0.1, 0.15) is 17.3 Å². The number of para-hydroxylation sites is 2. The largest absolute Gasteiger partial charge is 0.495 e. The quantitative estimate of drug-likeness (QED) is 0.320. The number of thioether (sulfide) groups is 1. The van der Waals surface area contributed by atoms with Gasteiger partial charge in [-0.3, -0.25) is 9.69 Å². The highest BCUT2D eigenvalue weighted by atomic mass is 35.5. The SMILES string of the molecule is COc1ccccc1N1C(=O)/C(=C\c2ccc(-c3cc(Cl)ccc3Cl)o2)SC1=S. The number of amides is 1. The van der Waals surface area contributed by atoms with E-state index < -0.39 is 0 Å². The number of hydrogen-bond acceptors (Lipinski definition) is 5. The van der Waals surface area contributed by atoms with Gasteiger partial charge in [0, 0.05) is 16.7 Å². The number of anilines is 1. The molecule has 0 bridgehead atoms. The molecule has 0 saturated carbocycles. The fraction of sp³-hybridized carbons (Fsp3) is 0.0476. The van der Waals surface area contributed by atoms with Crippen LogP contribution in [0.3, 0.4) is 0 Å². The molecule has 0 spiro atoms. The smallest absolute Gasteiger partial charge is 0.271 e. The van der Waals surface area contributed by atoms with Crippen LogP contribution < -0.4 is 9.64 Å². The molecule has 0 unspecified atom stereocenters. The highest BCUT2D eigenvalue weighted by Gasteiger charge is 2.35. The van der Waals surface area contributed by atoms with Crippen LogP contribution in [-0.4, -0.2) is 17.3 Å². The Morgan fingerprint density at radius 3 is 2.72 bits per heavy atom. The number of furan rings is 1. The summed E-state index contributed by atoms with van der Waals surface area (Å²) in [5.74, 6) is 1.41. The second kappa shape index (κ2) is 8.24. The molecule has 1 amide bonds. The van der Waals surface area contributed by atoms with E-state index in [1.54, 1.807) is 55.7 Å². The summed E-state index contributed by atoms with van der Waals surface area (Å²) in [7, 11) is 1.55. The summed E-state index contributed by atoms with van der Waals surface area (Å²) in [5, 5.41) is 1.08. The molecule has 4 rings (SSSR count). The molecule has 0 radical (unpaired) electrons. The van der Waals surface area contributed by atoms with Crippen molar-refractivity contribution in [3.8, 4) is 17.1 Å². The molecule has 1 aliphatic heterocycles. The number of thiocarbonyl (C=S) groups is 1. The maximum Gasteiger partial charge on any atom is 0.271 e. The lowest BCUT2D eigenvalue weighted by molar-refractivity contribution is -0.113. The van der Waals surface area contributed by atoms with Gasteiger partial charge in [0.25, 0.3) is 5.91 Å². The third-order valence-corrected chi connectivity index (χ3v) is 6.08. The Morgan fingerprint density at radius 2 is 1.93 bits per heavy atom. The van der Waals surface area contributed by atoms with E-state index in [0.717, 1.165) is 0 Å². The Kier molecular flexibility index (Phi) is 5.69. The summed E-state index contributed by atoms with van der Waals surface area (Å²) >= 11 is 18.9. The van der Waals surface area contributed by atoms with Crippen LogP contribution in [-0.2, 0) is 4.79 Å². The second-order valence-electron chi connectivity index (χ2n) is 6.02. The number of hydrogen-bond donors (Lipinski definition) is 0. The van der Waals surface area contributed by atoms with Gasteiger partial charge in [0.05, 0.1) is 22.7 Å². The highest BCUT2D eigenvalue weighted by molar-refractivity contribution is 8.27. The number of carbonyl (C=O) groups excluding carboxylic acids is 1. The molecule has 4 nitrogen and oxygen atoms in total. The molecule has 2 heterocycles. The Bertz CT molecular complexity index is 1160. The first-order chi connectivity index (χ1) is 14.0. The zero-order chi connectivity index (χ0) is 20.5. The summed E-state index contributed by atoms with van der Waals surface area (Å²) in [5.41, 5.74) is 1.28. The Labute approximate surface area is 187 Å². The van der Waals surface area contributed by atoms with Crippen molar-refractivity contribution in [2.45, 2.75) is 0 Å². The fourth-order valence-electron chi connectivity index (χ4n) is 2.88. The number of carbonyl (C=O) groups is 1. The van der Waals surface area contributed by atoms with Crippen molar-refractivity contribution in [3.63, 3.8) is 0 Å². The summed E-state index contributed by atoms with van der Waals surface area (Å²) in [6.45, 7) is 0. The van der Waals surface area contributed by atoms with Gasteiger partial charge in [-0.25, -0.2) is 0 Å². The summed E-state index contributed by atoms with van der Waals surface area (Å²) in [6.07, 6.45) is 1.66. The summed E-state index contributed by atoms with van der Waals surface area (Å²) in [4.78, 5) is 14.9. The molecule has 0 atom stereocenters. The fourth-order valence-corrected chi connectivity index (χ4v) is 4.53. The van der Waals surface area contributed by atoms with Crippen LogP contribution in [0, 0.1) is 0 Å². The second-order valence-corrected chi connectivity index (χ2v) is 8.53. The molecular weight excluding hydrogens is 449 g/mol. The van der Waals surface area contributed by atoms with Gasteiger partial charge in [-0.1, -0.05) is 59.3 Å². The van der Waals surface area contributed by atoms with Crippen LogP contribution in [0.4, 0.5) is 5.69 Å². The maximum absolute atomic E-state index is 13.0. The lowest BCUT2D eigenvalue weighted by Gasteiger charge is -2.17. The minimum absolute atomic E-state index is 0.233. The number of methoxy groups -OCH3 is 1. The van der Waals surface area contributed by atoms with Gasteiger partial charge >= 0.3 is 0 Å². The van der Waals surface area contributed by atoms with Gasteiger partial charge in [-0.15, -0.1) is 0 Å². The number of halogens is 2. The Balaban J connectivity index is 1.65. The van der Waals surface area contributed by atoms with E-state index in [4.69, 9.17) is 44.6 Å². The third-order valence-electron chi connectivity index (χ3n) is 4.21. The number of rotatable bonds is 4. The van der Waals surface area contributed by atoms with Crippen molar-refractivity contribution in [3.05, 3.63) is 75.3 Å².